The van der Waals surface area contributed by atoms with Gasteiger partial charge in [0.2, 0.25) is 11.6 Å². The Morgan fingerprint density at radius 2 is 1.91 bits per heavy atom. The molecule has 0 amide bonds. The van der Waals surface area contributed by atoms with Gasteiger partial charge in [0.15, 0.2) is 5.75 Å². The summed E-state index contributed by atoms with van der Waals surface area (Å²) in [4.78, 5) is 15.0. The smallest absolute Gasteiger partial charge is 0.397 e. The minimum Gasteiger partial charge on any atom is -0.500 e. The van der Waals surface area contributed by atoms with E-state index < -0.39 is 25.0 Å². The van der Waals surface area contributed by atoms with Crippen molar-refractivity contribution in [3.63, 3.8) is 0 Å². The minimum absolute atomic E-state index is 0.0465. The molecular weight excluding hydrogens is 514 g/mol. The highest BCUT2D eigenvalue weighted by Gasteiger charge is 2.27. The van der Waals surface area contributed by atoms with E-state index in [9.17, 15) is 20.4 Å². The molecule has 186 valence electrons. The number of aromatic hydroxyl groups is 1. The molecule has 34 heavy (non-hydrogen) atoms. The molecule has 15 heteroatoms. The molecule has 0 fully saturated rings. The molecule has 3 N–H and O–H groups in total. The molecule has 0 bridgehead atoms. The summed E-state index contributed by atoms with van der Waals surface area (Å²) in [5.74, 6) is -1.19. The lowest BCUT2D eigenvalue weighted by molar-refractivity contribution is -0.385. The van der Waals surface area contributed by atoms with Crippen molar-refractivity contribution in [1.82, 2.24) is 15.6 Å². The highest BCUT2D eigenvalue weighted by Crippen LogP contribution is 2.48. The molecule has 1 heterocycles. The van der Waals surface area contributed by atoms with E-state index in [4.69, 9.17) is 41.3 Å². The average Bonchev–Trinajstić information content (AvgIpc) is 3.29. The maximum absolute atomic E-state index is 11.5. The molecule has 0 saturated heterocycles. The Labute approximate surface area is 206 Å². The summed E-state index contributed by atoms with van der Waals surface area (Å²) in [6.07, 6.45) is 0.477. The van der Waals surface area contributed by atoms with Crippen LogP contribution in [0.1, 0.15) is 39.9 Å². The minimum atomic E-state index is -1.93. The van der Waals surface area contributed by atoms with Gasteiger partial charge in [-0.1, -0.05) is 35.3 Å². The van der Waals surface area contributed by atoms with Crippen molar-refractivity contribution in [2.24, 2.45) is 0 Å². The lowest BCUT2D eigenvalue weighted by Gasteiger charge is -2.16. The lowest BCUT2D eigenvalue weighted by atomic mass is 10.1. The fraction of sp³-hybridized carbons (Fsp3) is 0.368. The number of aromatic nitrogens is 2. The highest BCUT2D eigenvalue weighted by atomic mass is 35.5. The van der Waals surface area contributed by atoms with Crippen LogP contribution in [0.15, 0.2) is 32.4 Å². The molecule has 0 saturated carbocycles. The molecule has 0 aliphatic heterocycles. The van der Waals surface area contributed by atoms with Gasteiger partial charge in [-0.15, -0.1) is 0 Å². The maximum atomic E-state index is 11.5. The van der Waals surface area contributed by atoms with Crippen LogP contribution >= 0.6 is 31.8 Å². The van der Waals surface area contributed by atoms with E-state index in [0.29, 0.717) is 17.0 Å². The largest absolute Gasteiger partial charge is 0.500 e. The van der Waals surface area contributed by atoms with Crippen molar-refractivity contribution in [2.45, 2.75) is 34.1 Å². The predicted molar refractivity (Wildman–Crippen MR) is 125 cm³/mol. The van der Waals surface area contributed by atoms with Crippen LogP contribution in [0.25, 0.3) is 17.0 Å². The summed E-state index contributed by atoms with van der Waals surface area (Å²) in [6, 6.07) is 2.31. The van der Waals surface area contributed by atoms with Gasteiger partial charge in [0.05, 0.1) is 29.3 Å². The number of rotatable bonds is 12. The number of benzene rings is 1. The Hall–Kier alpha value is -2.47. The zero-order valence-corrected chi connectivity index (χ0v) is 21.1. The number of phenols is 1. The maximum Gasteiger partial charge on any atom is 0.397 e. The van der Waals surface area contributed by atoms with Crippen molar-refractivity contribution in [3.05, 3.63) is 43.8 Å². The molecule has 2 aromatic rings. The van der Waals surface area contributed by atoms with E-state index in [-0.39, 0.29) is 47.0 Å². The Balaban J connectivity index is 2.60. The number of nitro groups is 1. The van der Waals surface area contributed by atoms with E-state index in [2.05, 4.69) is 10.1 Å². The summed E-state index contributed by atoms with van der Waals surface area (Å²) < 4.78 is 21.5. The quantitative estimate of drug-likeness (QED) is 0.0980. The molecule has 1 aromatic carbocycles. The first-order valence-corrected chi connectivity index (χ1v) is 11.8. The van der Waals surface area contributed by atoms with Crippen LogP contribution in [0.2, 0.25) is 0 Å². The number of hydroxylamine groups is 1. The van der Waals surface area contributed by atoms with Crippen LogP contribution in [-0.4, -0.2) is 38.6 Å². The van der Waals surface area contributed by atoms with Crippen molar-refractivity contribution >= 4 is 43.1 Å². The second-order valence-corrected chi connectivity index (χ2v) is 8.34. The first kappa shape index (κ1) is 27.8. The summed E-state index contributed by atoms with van der Waals surface area (Å²) in [5, 5.41) is 35.3. The van der Waals surface area contributed by atoms with Crippen LogP contribution in [-0.2, 0) is 9.05 Å². The lowest BCUT2D eigenvalue weighted by Crippen LogP contribution is -2.06. The number of hydrogen-bond acceptors (Lipinski definition) is 11. The van der Waals surface area contributed by atoms with Crippen molar-refractivity contribution in [3.8, 4) is 23.0 Å². The number of hydrogen-bond donors (Lipinski definition) is 3. The third-order valence-electron chi connectivity index (χ3n) is 4.20. The average molecular weight is 537 g/mol. The van der Waals surface area contributed by atoms with Gasteiger partial charge in [-0.25, -0.2) is 0 Å². The van der Waals surface area contributed by atoms with E-state index in [1.807, 2.05) is 12.4 Å². The molecule has 0 spiro atoms. The summed E-state index contributed by atoms with van der Waals surface area (Å²) in [6.45, 7) is 7.41. The van der Waals surface area contributed by atoms with Gasteiger partial charge in [-0.05, 0) is 38.8 Å². The summed E-state index contributed by atoms with van der Waals surface area (Å²) in [7, 11) is -1.93. The van der Waals surface area contributed by atoms with Crippen LogP contribution in [0, 0.1) is 10.1 Å². The van der Waals surface area contributed by atoms with Gasteiger partial charge in [-0.3, -0.25) is 20.8 Å². The van der Waals surface area contributed by atoms with Gasteiger partial charge in [0.1, 0.15) is 5.16 Å². The third-order valence-corrected chi connectivity index (χ3v) is 6.31. The van der Waals surface area contributed by atoms with Crippen LogP contribution in [0.5, 0.6) is 11.5 Å². The first-order valence-electron chi connectivity index (χ1n) is 9.93. The van der Waals surface area contributed by atoms with Gasteiger partial charge < -0.3 is 23.2 Å². The van der Waals surface area contributed by atoms with E-state index in [1.165, 1.54) is 6.07 Å². The number of halogens is 2. The van der Waals surface area contributed by atoms with Gasteiger partial charge in [0.25, 0.3) is 5.89 Å². The first-order chi connectivity index (χ1) is 16.2. The molecular formula is C19H23Cl2N4O8P. The van der Waals surface area contributed by atoms with Gasteiger partial charge in [-0.2, -0.15) is 4.98 Å². The van der Waals surface area contributed by atoms with Crippen LogP contribution < -0.4 is 10.0 Å². The third kappa shape index (κ3) is 6.56. The van der Waals surface area contributed by atoms with Crippen LogP contribution in [0.4, 0.5) is 5.69 Å². The molecule has 0 unspecified atom stereocenters. The Bertz CT molecular complexity index is 1090. The van der Waals surface area contributed by atoms with E-state index in [1.54, 1.807) is 20.8 Å². The molecule has 0 radical (unpaired) electrons. The monoisotopic (exact) mass is 536 g/mol. The predicted octanol–water partition coefficient (Wildman–Crippen LogP) is 5.84. The fourth-order valence-electron chi connectivity index (χ4n) is 2.64. The summed E-state index contributed by atoms with van der Waals surface area (Å²) in [5.41, 5.74) is 1.86. The van der Waals surface area contributed by atoms with Crippen molar-refractivity contribution in [2.75, 3.05) is 13.2 Å². The van der Waals surface area contributed by atoms with Crippen LogP contribution in [0.3, 0.4) is 0 Å². The molecule has 0 atom stereocenters. The van der Waals surface area contributed by atoms with E-state index >= 15 is 0 Å². The SMILES string of the molecule is CCOP(OCC)Oc1cc(-c2nc(C(=C(\Cl)NO)/C(C)=C(/Cl)CC)no2)cc([N+](=O)[O-])c1O. The number of nitrogens with one attached hydrogen (secondary N) is 1. The standard InChI is InChI=1S/C19H23Cl2N4O8P/c1-5-12(20)10(4)15(17(21)23-27)18-22-19(32-24-18)11-8-13(25(28)29)16(26)14(9-11)33-34(30-6-2)31-7-3/h8-9,23,26-27H,5-7H2,1-4H3/b12-10+,17-15+. The van der Waals surface area contributed by atoms with E-state index in [0.717, 1.165) is 6.07 Å². The Kier molecular flexibility index (Phi) is 10.5. The topological polar surface area (TPSA) is 162 Å². The van der Waals surface area contributed by atoms with Crippen molar-refractivity contribution in [1.29, 1.82) is 0 Å². The number of nitro benzene ring substituents is 1. The van der Waals surface area contributed by atoms with Gasteiger partial charge in [0, 0.05) is 11.1 Å². The molecule has 0 aliphatic carbocycles. The van der Waals surface area contributed by atoms with Gasteiger partial charge >= 0.3 is 14.3 Å². The Morgan fingerprint density at radius 3 is 2.44 bits per heavy atom. The molecule has 12 nitrogen and oxygen atoms in total. The molecule has 2 rings (SSSR count). The van der Waals surface area contributed by atoms with Crippen molar-refractivity contribution < 1.29 is 33.3 Å². The summed E-state index contributed by atoms with van der Waals surface area (Å²) >= 11 is 12.3. The fourth-order valence-corrected chi connectivity index (χ4v) is 3.86. The normalized spacial score (nSPS) is 12.9. The molecule has 0 aliphatic rings. The highest BCUT2D eigenvalue weighted by molar-refractivity contribution is 7.42. The molecule has 1 aromatic heterocycles. The zero-order valence-electron chi connectivity index (χ0n) is 18.7. The Morgan fingerprint density at radius 1 is 1.26 bits per heavy atom. The number of allylic oxidation sites excluding steroid dienone is 3. The number of nitrogens with zero attached hydrogens (tertiary/aromatic N) is 3. The second kappa shape index (κ2) is 12.8. The second-order valence-electron chi connectivity index (χ2n) is 6.36. The zero-order chi connectivity index (χ0) is 25.4. The number of phenolic OH excluding ortho intramolecular Hbond substituents is 1.